The van der Waals surface area contributed by atoms with E-state index < -0.39 is 0 Å². The lowest BCUT2D eigenvalue weighted by Gasteiger charge is -2.17. The molecule has 150 valence electrons. The molecule has 1 saturated carbocycles. The summed E-state index contributed by atoms with van der Waals surface area (Å²) >= 11 is 1.45. The van der Waals surface area contributed by atoms with Crippen LogP contribution < -0.4 is 10.1 Å². The Balaban J connectivity index is 1.63. The Kier molecular flexibility index (Phi) is 5.85. The van der Waals surface area contributed by atoms with Gasteiger partial charge in [0, 0.05) is 18.2 Å². The van der Waals surface area contributed by atoms with Gasteiger partial charge in [-0.1, -0.05) is 42.1 Å². The van der Waals surface area contributed by atoms with Crippen LogP contribution in [0.25, 0.3) is 11.4 Å². The smallest absolute Gasteiger partial charge is 0.238 e. The summed E-state index contributed by atoms with van der Waals surface area (Å²) in [6, 6.07) is 17.9. The minimum Gasteiger partial charge on any atom is -0.497 e. The highest BCUT2D eigenvalue weighted by molar-refractivity contribution is 8.00. The Morgan fingerprint density at radius 2 is 1.90 bits per heavy atom. The summed E-state index contributed by atoms with van der Waals surface area (Å²) in [4.78, 5) is 12.9. The van der Waals surface area contributed by atoms with Crippen molar-refractivity contribution in [3.05, 3.63) is 60.2 Å². The number of thioether (sulfide) groups is 1. The van der Waals surface area contributed by atoms with Crippen LogP contribution in [0.2, 0.25) is 0 Å². The number of nitrogens with zero attached hydrogens (tertiary/aromatic N) is 3. The fourth-order valence-corrected chi connectivity index (χ4v) is 4.24. The predicted molar refractivity (Wildman–Crippen MR) is 114 cm³/mol. The molecule has 0 radical (unpaired) electrons. The molecule has 1 aromatic heterocycles. The Labute approximate surface area is 174 Å². The first kappa shape index (κ1) is 19.5. The zero-order valence-corrected chi connectivity index (χ0v) is 17.4. The van der Waals surface area contributed by atoms with Gasteiger partial charge in [-0.05, 0) is 49.6 Å². The highest BCUT2D eigenvalue weighted by Gasteiger charge is 2.30. The molecule has 29 heavy (non-hydrogen) atoms. The summed E-state index contributed by atoms with van der Waals surface area (Å²) in [5.41, 5.74) is 1.93. The fraction of sp³-hybridized carbons (Fsp3) is 0.318. The van der Waals surface area contributed by atoms with Crippen LogP contribution in [0.4, 0.5) is 0 Å². The van der Waals surface area contributed by atoms with E-state index in [1.54, 1.807) is 7.11 Å². The van der Waals surface area contributed by atoms with Crippen molar-refractivity contribution >= 4 is 17.7 Å². The molecule has 1 N–H and O–H groups in total. The number of methoxy groups -OCH3 is 1. The molecule has 1 amide bonds. The highest BCUT2D eigenvalue weighted by atomic mass is 32.2. The van der Waals surface area contributed by atoms with Crippen LogP contribution in [-0.2, 0) is 11.3 Å². The summed E-state index contributed by atoms with van der Waals surface area (Å²) in [6.45, 7) is 2.77. The molecular weight excluding hydrogens is 384 g/mol. The molecule has 1 atom stereocenters. The molecule has 0 saturated heterocycles. The molecule has 1 aliphatic carbocycles. The van der Waals surface area contributed by atoms with E-state index >= 15 is 0 Å². The monoisotopic (exact) mass is 408 g/mol. The molecule has 0 spiro atoms. The summed E-state index contributed by atoms with van der Waals surface area (Å²) in [6.07, 6.45) is 2.12. The maximum Gasteiger partial charge on any atom is 0.238 e. The topological polar surface area (TPSA) is 69.0 Å². The van der Waals surface area contributed by atoms with E-state index in [2.05, 4.69) is 22.4 Å². The van der Waals surface area contributed by atoms with Crippen molar-refractivity contribution in [2.45, 2.75) is 42.8 Å². The summed E-state index contributed by atoms with van der Waals surface area (Å²) < 4.78 is 7.29. The van der Waals surface area contributed by atoms with Crippen molar-refractivity contribution in [3.63, 3.8) is 0 Å². The average molecular weight is 409 g/mol. The number of carbonyl (C=O) groups excluding carboxylic acids is 1. The van der Waals surface area contributed by atoms with Crippen LogP contribution in [0.3, 0.4) is 0 Å². The fourth-order valence-electron chi connectivity index (χ4n) is 3.13. The first-order chi connectivity index (χ1) is 14.2. The number of hydrogen-bond acceptors (Lipinski definition) is 5. The molecule has 0 unspecified atom stereocenters. The largest absolute Gasteiger partial charge is 0.497 e. The van der Waals surface area contributed by atoms with Crippen molar-refractivity contribution in [1.29, 1.82) is 0 Å². The van der Waals surface area contributed by atoms with Gasteiger partial charge in [0.05, 0.1) is 7.11 Å². The molecule has 7 heteroatoms. The van der Waals surface area contributed by atoms with E-state index in [-0.39, 0.29) is 11.2 Å². The second-order valence-corrected chi connectivity index (χ2v) is 8.04. The van der Waals surface area contributed by atoms with Crippen LogP contribution in [0.1, 0.15) is 30.6 Å². The molecule has 0 aliphatic heterocycles. The number of ether oxygens (including phenoxy) is 1. The number of carbonyl (C=O) groups is 1. The number of nitrogens with one attached hydrogen (secondary N) is 1. The van der Waals surface area contributed by atoms with Gasteiger partial charge < -0.3 is 14.6 Å². The molecule has 1 heterocycles. The normalized spacial score (nSPS) is 14.4. The second-order valence-electron chi connectivity index (χ2n) is 6.97. The minimum atomic E-state index is -0.366. The summed E-state index contributed by atoms with van der Waals surface area (Å²) in [5.74, 6) is 1.61. The number of rotatable bonds is 8. The molecule has 2 aromatic carbocycles. The van der Waals surface area contributed by atoms with Crippen molar-refractivity contribution in [2.24, 2.45) is 0 Å². The van der Waals surface area contributed by atoms with Gasteiger partial charge in [-0.25, -0.2) is 0 Å². The van der Waals surface area contributed by atoms with E-state index in [9.17, 15) is 4.79 Å². The van der Waals surface area contributed by atoms with Gasteiger partial charge >= 0.3 is 0 Å². The number of benzene rings is 2. The lowest BCUT2D eigenvalue weighted by Crippen LogP contribution is -2.30. The van der Waals surface area contributed by atoms with Gasteiger partial charge in [-0.2, -0.15) is 0 Å². The number of amides is 1. The van der Waals surface area contributed by atoms with Gasteiger partial charge in [0.25, 0.3) is 0 Å². The zero-order valence-electron chi connectivity index (χ0n) is 16.5. The maximum absolute atomic E-state index is 12.9. The van der Waals surface area contributed by atoms with E-state index in [4.69, 9.17) is 4.74 Å². The average Bonchev–Trinajstić information content (AvgIpc) is 3.49. The van der Waals surface area contributed by atoms with Crippen LogP contribution >= 0.6 is 11.8 Å². The molecule has 0 bridgehead atoms. The van der Waals surface area contributed by atoms with Crippen molar-refractivity contribution in [3.8, 4) is 17.1 Å². The van der Waals surface area contributed by atoms with Gasteiger partial charge in [-0.3, -0.25) is 4.79 Å². The number of aromatic nitrogens is 3. The quantitative estimate of drug-likeness (QED) is 0.569. The van der Waals surface area contributed by atoms with Gasteiger partial charge in [0.1, 0.15) is 11.0 Å². The van der Waals surface area contributed by atoms with Crippen LogP contribution in [-0.4, -0.2) is 33.8 Å². The molecule has 1 aliphatic rings. The lowest BCUT2D eigenvalue weighted by molar-refractivity contribution is -0.120. The van der Waals surface area contributed by atoms with E-state index in [0.29, 0.717) is 12.6 Å². The zero-order chi connectivity index (χ0) is 20.2. The van der Waals surface area contributed by atoms with E-state index in [1.807, 2.05) is 59.2 Å². The van der Waals surface area contributed by atoms with Gasteiger partial charge in [0.2, 0.25) is 5.91 Å². The van der Waals surface area contributed by atoms with Gasteiger partial charge in [-0.15, -0.1) is 10.2 Å². The lowest BCUT2D eigenvalue weighted by atomic mass is 10.1. The maximum atomic E-state index is 12.9. The first-order valence-electron chi connectivity index (χ1n) is 9.79. The molecule has 3 aromatic rings. The minimum absolute atomic E-state index is 0.0281. The van der Waals surface area contributed by atoms with Crippen LogP contribution in [0, 0.1) is 0 Å². The third-order valence-electron chi connectivity index (χ3n) is 4.87. The molecule has 4 rings (SSSR count). The SMILES string of the molecule is CCn1c(S[C@H](C(=O)NC2CC2)c2ccccc2)nnc1-c1ccc(OC)cc1. The third-order valence-corrected chi connectivity index (χ3v) is 6.10. The Morgan fingerprint density at radius 1 is 1.17 bits per heavy atom. The summed E-state index contributed by atoms with van der Waals surface area (Å²) in [5, 5.41) is 12.3. The number of hydrogen-bond donors (Lipinski definition) is 1. The first-order valence-corrected chi connectivity index (χ1v) is 10.7. The molecular formula is C22H24N4O2S. The van der Waals surface area contributed by atoms with E-state index in [1.165, 1.54) is 11.8 Å². The highest BCUT2D eigenvalue weighted by Crippen LogP contribution is 2.37. The standard InChI is InChI=1S/C22H24N4O2S/c1-3-26-20(16-9-13-18(28-2)14-10-16)24-25-22(26)29-19(15-7-5-4-6-8-15)21(27)23-17-11-12-17/h4-10,13-14,17,19H,3,11-12H2,1-2H3,(H,23,27)/t19-/m0/s1. The molecule has 6 nitrogen and oxygen atoms in total. The van der Waals surface area contributed by atoms with Crippen molar-refractivity contribution < 1.29 is 9.53 Å². The van der Waals surface area contributed by atoms with Crippen molar-refractivity contribution in [1.82, 2.24) is 20.1 Å². The summed E-state index contributed by atoms with van der Waals surface area (Å²) in [7, 11) is 1.65. The Morgan fingerprint density at radius 3 is 2.52 bits per heavy atom. The van der Waals surface area contributed by atoms with E-state index in [0.717, 1.165) is 40.7 Å². The third kappa shape index (κ3) is 4.45. The molecule has 1 fully saturated rings. The second kappa shape index (κ2) is 8.69. The van der Waals surface area contributed by atoms with Crippen LogP contribution in [0.5, 0.6) is 5.75 Å². The van der Waals surface area contributed by atoms with Crippen LogP contribution in [0.15, 0.2) is 59.8 Å². The Hall–Kier alpha value is -2.80. The van der Waals surface area contributed by atoms with Crippen molar-refractivity contribution in [2.75, 3.05) is 7.11 Å². The predicted octanol–water partition coefficient (Wildman–Crippen LogP) is 4.09. The Bertz CT molecular complexity index is 968. The van der Waals surface area contributed by atoms with Gasteiger partial charge in [0.15, 0.2) is 11.0 Å².